The van der Waals surface area contributed by atoms with Gasteiger partial charge in [0.25, 0.3) is 0 Å². The van der Waals surface area contributed by atoms with Crippen LogP contribution in [-0.4, -0.2) is 39.7 Å². The number of imidazole rings is 1. The molecule has 2 aromatic heterocycles. The maximum Gasteiger partial charge on any atom is 0.322 e. The molecule has 0 spiro atoms. The summed E-state index contributed by atoms with van der Waals surface area (Å²) in [6.45, 7) is 3.59. The number of halogens is 1. The molecule has 1 N–H and O–H groups in total. The van der Waals surface area contributed by atoms with Crippen molar-refractivity contribution in [1.29, 1.82) is 0 Å². The lowest BCUT2D eigenvalue weighted by atomic mass is 10.2. The molecule has 6 nitrogen and oxygen atoms in total. The molecule has 142 valence electrons. The summed E-state index contributed by atoms with van der Waals surface area (Å²) in [6.07, 6.45) is 3.77. The molecule has 1 unspecified atom stereocenters. The van der Waals surface area contributed by atoms with Crippen molar-refractivity contribution in [1.82, 2.24) is 15.0 Å². The predicted molar refractivity (Wildman–Crippen MR) is 103 cm³/mol. The van der Waals surface area contributed by atoms with Gasteiger partial charge < -0.3 is 14.2 Å². The van der Waals surface area contributed by atoms with Crippen LogP contribution in [0.3, 0.4) is 0 Å². The zero-order valence-corrected chi connectivity index (χ0v) is 16.1. The first-order valence-electron chi connectivity index (χ1n) is 8.88. The monoisotopic (exact) mass is 388 g/mol. The molecule has 0 saturated carbocycles. The largest absolute Gasteiger partial charge is 0.609 e. The Balaban J connectivity index is 1.62. The van der Waals surface area contributed by atoms with Gasteiger partial charge in [-0.3, -0.25) is 9.97 Å². The van der Waals surface area contributed by atoms with Crippen LogP contribution < -0.4 is 9.64 Å². The lowest BCUT2D eigenvalue weighted by molar-refractivity contribution is 0.410. The van der Waals surface area contributed by atoms with Crippen LogP contribution in [0.4, 0.5) is 10.1 Å². The van der Waals surface area contributed by atoms with Gasteiger partial charge in [-0.25, -0.2) is 4.39 Å². The summed E-state index contributed by atoms with van der Waals surface area (Å²) in [5, 5.41) is 0.326. The number of benzene rings is 1. The van der Waals surface area contributed by atoms with Gasteiger partial charge in [0.05, 0.1) is 29.5 Å². The van der Waals surface area contributed by atoms with Crippen LogP contribution in [0.2, 0.25) is 0 Å². The molecule has 27 heavy (non-hydrogen) atoms. The minimum absolute atomic E-state index is 0.213. The number of rotatable bonds is 5. The molecule has 0 aliphatic carbocycles. The highest BCUT2D eigenvalue weighted by Crippen LogP contribution is 2.29. The minimum Gasteiger partial charge on any atom is -0.609 e. The Morgan fingerprint density at radius 3 is 2.85 bits per heavy atom. The zero-order valence-electron chi connectivity index (χ0n) is 15.3. The van der Waals surface area contributed by atoms with Crippen LogP contribution in [0.25, 0.3) is 11.0 Å². The first-order valence-corrected chi connectivity index (χ1v) is 10.2. The third-order valence-corrected chi connectivity index (χ3v) is 6.10. The number of methoxy groups -OCH3 is 1. The topological polar surface area (TPSA) is 77.1 Å². The second-order valence-electron chi connectivity index (χ2n) is 6.63. The molecule has 0 radical (unpaired) electrons. The number of aromatic amines is 1. The molecule has 3 aromatic rings. The molecule has 1 atom stereocenters. The van der Waals surface area contributed by atoms with Crippen LogP contribution in [0, 0.1) is 12.7 Å². The fourth-order valence-corrected chi connectivity index (χ4v) is 4.52. The maximum atomic E-state index is 14.5. The molecule has 0 amide bonds. The van der Waals surface area contributed by atoms with Crippen molar-refractivity contribution in [3.63, 3.8) is 0 Å². The van der Waals surface area contributed by atoms with Gasteiger partial charge in [0.15, 0.2) is 5.75 Å². The van der Waals surface area contributed by atoms with Crippen molar-refractivity contribution in [2.75, 3.05) is 25.1 Å². The molecule has 1 aromatic carbocycles. The van der Waals surface area contributed by atoms with Crippen molar-refractivity contribution < 1.29 is 13.7 Å². The maximum absolute atomic E-state index is 14.5. The first-order chi connectivity index (χ1) is 13.1. The second-order valence-corrected chi connectivity index (χ2v) is 8.00. The average molecular weight is 388 g/mol. The summed E-state index contributed by atoms with van der Waals surface area (Å²) in [5.41, 5.74) is 3.28. The number of nitrogens with one attached hydrogen (secondary N) is 1. The molecular formula is C19H21FN4O2S. The molecule has 0 bridgehead atoms. The zero-order chi connectivity index (χ0) is 19.0. The number of hydrogen-bond acceptors (Lipinski definition) is 5. The van der Waals surface area contributed by atoms with E-state index in [0.717, 1.165) is 31.5 Å². The number of aromatic nitrogens is 3. The van der Waals surface area contributed by atoms with Gasteiger partial charge in [0, 0.05) is 42.1 Å². The highest BCUT2D eigenvalue weighted by Gasteiger charge is 2.23. The Kier molecular flexibility index (Phi) is 4.92. The van der Waals surface area contributed by atoms with Gasteiger partial charge in [-0.05, 0) is 31.9 Å². The molecule has 1 aliphatic rings. The lowest BCUT2D eigenvalue weighted by Crippen LogP contribution is -2.18. The van der Waals surface area contributed by atoms with E-state index >= 15 is 0 Å². The molecule has 8 heteroatoms. The normalized spacial score (nSPS) is 15.5. The quantitative estimate of drug-likeness (QED) is 0.679. The van der Waals surface area contributed by atoms with Crippen molar-refractivity contribution in [2.24, 2.45) is 0 Å². The Morgan fingerprint density at radius 2 is 2.11 bits per heavy atom. The van der Waals surface area contributed by atoms with Gasteiger partial charge in [-0.15, -0.1) is 0 Å². The van der Waals surface area contributed by atoms with E-state index in [9.17, 15) is 8.94 Å². The van der Waals surface area contributed by atoms with Crippen LogP contribution in [0.1, 0.15) is 24.1 Å². The number of fused-ring (bicyclic) bond motifs is 1. The summed E-state index contributed by atoms with van der Waals surface area (Å²) in [6, 6.07) is 4.94. The fourth-order valence-electron chi connectivity index (χ4n) is 3.42. The molecular weight excluding hydrogens is 367 g/mol. The van der Waals surface area contributed by atoms with E-state index in [2.05, 4.69) is 15.0 Å². The third kappa shape index (κ3) is 3.46. The van der Waals surface area contributed by atoms with Crippen LogP contribution in [0.5, 0.6) is 5.75 Å². The highest BCUT2D eigenvalue weighted by molar-refractivity contribution is 7.90. The number of pyridine rings is 1. The summed E-state index contributed by atoms with van der Waals surface area (Å²) < 4.78 is 32.6. The molecule has 1 fully saturated rings. The lowest BCUT2D eigenvalue weighted by Gasteiger charge is -2.17. The van der Waals surface area contributed by atoms with E-state index in [-0.39, 0.29) is 11.6 Å². The van der Waals surface area contributed by atoms with Gasteiger partial charge in [-0.1, -0.05) is 0 Å². The second kappa shape index (κ2) is 7.36. The van der Waals surface area contributed by atoms with Gasteiger partial charge in [0.1, 0.15) is 11.6 Å². The fraction of sp³-hybridized carbons (Fsp3) is 0.368. The summed E-state index contributed by atoms with van der Waals surface area (Å²) >= 11 is -1.42. The van der Waals surface area contributed by atoms with Crippen molar-refractivity contribution in [2.45, 2.75) is 30.7 Å². The van der Waals surface area contributed by atoms with E-state index in [1.807, 2.05) is 11.8 Å². The average Bonchev–Trinajstić information content (AvgIpc) is 3.32. The van der Waals surface area contributed by atoms with E-state index in [4.69, 9.17) is 4.74 Å². The summed E-state index contributed by atoms with van der Waals surface area (Å²) in [5.74, 6) is 0.638. The van der Waals surface area contributed by atoms with Gasteiger partial charge in [0.2, 0.25) is 0 Å². The smallest absolute Gasteiger partial charge is 0.322 e. The summed E-state index contributed by atoms with van der Waals surface area (Å²) in [7, 11) is 1.59. The number of anilines is 1. The number of ether oxygens (including phenoxy) is 1. The molecule has 1 saturated heterocycles. The number of H-pyrrole nitrogens is 1. The Morgan fingerprint density at radius 1 is 1.33 bits per heavy atom. The summed E-state index contributed by atoms with van der Waals surface area (Å²) in [4.78, 5) is 13.8. The highest BCUT2D eigenvalue weighted by atomic mass is 32.2. The number of hydrogen-bond donors (Lipinski definition) is 1. The van der Waals surface area contributed by atoms with Crippen LogP contribution in [0.15, 0.2) is 29.6 Å². The van der Waals surface area contributed by atoms with Gasteiger partial charge >= 0.3 is 5.16 Å². The Labute approximate surface area is 160 Å². The minimum atomic E-state index is -1.42. The van der Waals surface area contributed by atoms with Crippen molar-refractivity contribution in [3.05, 3.63) is 41.5 Å². The standard InChI is InChI=1S/C19H21FN4O2S/c1-12-16(21-6-5-18(12)26-2)11-27(25)19-22-14-9-13(20)17(10-15(14)23-19)24-7-3-4-8-24/h5-6,9-10H,3-4,7-8,11H2,1-2H3,(H,22,23). The van der Waals surface area contributed by atoms with E-state index < -0.39 is 11.2 Å². The van der Waals surface area contributed by atoms with E-state index in [1.54, 1.807) is 25.4 Å². The molecule has 3 heterocycles. The molecule has 4 rings (SSSR count). The third-order valence-electron chi connectivity index (χ3n) is 4.94. The SMILES string of the molecule is COc1ccnc(C[S+]([O-])c2nc3cc(N4CCCC4)c(F)cc3[nH]2)c1C. The molecule has 1 aliphatic heterocycles. The van der Waals surface area contributed by atoms with E-state index in [1.165, 1.54) is 6.07 Å². The Bertz CT molecular complexity index is 972. The van der Waals surface area contributed by atoms with Crippen molar-refractivity contribution in [3.8, 4) is 5.75 Å². The van der Waals surface area contributed by atoms with Crippen LogP contribution in [-0.2, 0) is 16.9 Å². The van der Waals surface area contributed by atoms with Crippen LogP contribution >= 0.6 is 0 Å². The predicted octanol–water partition coefficient (Wildman–Crippen LogP) is 3.32. The Hall–Kier alpha value is -2.32. The number of nitrogens with zero attached hydrogens (tertiary/aromatic N) is 3. The van der Waals surface area contributed by atoms with E-state index in [0.29, 0.717) is 33.3 Å². The van der Waals surface area contributed by atoms with Gasteiger partial charge in [-0.2, -0.15) is 4.98 Å². The first kappa shape index (κ1) is 18.1. The van der Waals surface area contributed by atoms with Crippen molar-refractivity contribution >= 4 is 27.9 Å².